The Morgan fingerprint density at radius 3 is 2.70 bits per heavy atom. The van der Waals surface area contributed by atoms with Crippen LogP contribution in [0.5, 0.6) is 5.75 Å². The van der Waals surface area contributed by atoms with Gasteiger partial charge in [0.2, 0.25) is 0 Å². The van der Waals surface area contributed by atoms with Crippen LogP contribution in [0.3, 0.4) is 0 Å². The van der Waals surface area contributed by atoms with Crippen molar-refractivity contribution in [1.29, 1.82) is 0 Å². The van der Waals surface area contributed by atoms with E-state index in [1.54, 1.807) is 12.1 Å². The summed E-state index contributed by atoms with van der Waals surface area (Å²) in [7, 11) is 0. The standard InChI is InChI=1S/C25H27NO4/c1-15-6-5-9-20-23-22(16-7-3-2-4-8-16)19-11-10-17(25(28)29)12-21(19)26(23)13-18(27)14-30-24(15)20/h5-6,9-12,16,18,27H,2-4,7-8,13-14H2,1H3,(H,28,29). The smallest absolute Gasteiger partial charge is 0.335 e. The second-order valence-electron chi connectivity index (χ2n) is 8.66. The summed E-state index contributed by atoms with van der Waals surface area (Å²) in [6.45, 7) is 2.63. The number of carboxylic acids is 1. The first-order chi connectivity index (χ1) is 14.5. The van der Waals surface area contributed by atoms with Crippen LogP contribution < -0.4 is 4.74 Å². The molecule has 2 N–H and O–H groups in total. The van der Waals surface area contributed by atoms with E-state index in [-0.39, 0.29) is 12.2 Å². The van der Waals surface area contributed by atoms with Crippen molar-refractivity contribution in [3.8, 4) is 17.0 Å². The lowest BCUT2D eigenvalue weighted by Crippen LogP contribution is -2.26. The van der Waals surface area contributed by atoms with E-state index in [0.717, 1.165) is 46.3 Å². The molecule has 1 atom stereocenters. The molecule has 1 aliphatic heterocycles. The molecule has 156 valence electrons. The van der Waals surface area contributed by atoms with Crippen LogP contribution >= 0.6 is 0 Å². The van der Waals surface area contributed by atoms with Crippen molar-refractivity contribution in [1.82, 2.24) is 4.57 Å². The zero-order valence-corrected chi connectivity index (χ0v) is 17.2. The van der Waals surface area contributed by atoms with Gasteiger partial charge in [-0.2, -0.15) is 0 Å². The van der Waals surface area contributed by atoms with Gasteiger partial charge in [0.05, 0.1) is 17.8 Å². The topological polar surface area (TPSA) is 71.7 Å². The van der Waals surface area contributed by atoms with Crippen molar-refractivity contribution < 1.29 is 19.7 Å². The van der Waals surface area contributed by atoms with Gasteiger partial charge in [0.25, 0.3) is 0 Å². The van der Waals surface area contributed by atoms with E-state index in [0.29, 0.717) is 12.5 Å². The number of para-hydroxylation sites is 1. The maximum Gasteiger partial charge on any atom is 0.335 e. The van der Waals surface area contributed by atoms with E-state index in [4.69, 9.17) is 4.74 Å². The van der Waals surface area contributed by atoms with E-state index >= 15 is 0 Å². The lowest BCUT2D eigenvalue weighted by molar-refractivity contribution is 0.0697. The highest BCUT2D eigenvalue weighted by Gasteiger charge is 2.30. The second kappa shape index (κ2) is 7.47. The molecule has 0 spiro atoms. The summed E-state index contributed by atoms with van der Waals surface area (Å²) in [5, 5.41) is 21.3. The van der Waals surface area contributed by atoms with Gasteiger partial charge in [-0.1, -0.05) is 37.5 Å². The highest BCUT2D eigenvalue weighted by Crippen LogP contribution is 2.47. The maximum atomic E-state index is 11.7. The zero-order chi connectivity index (χ0) is 20.8. The van der Waals surface area contributed by atoms with Crippen molar-refractivity contribution in [2.45, 2.75) is 57.6 Å². The van der Waals surface area contributed by atoms with Crippen molar-refractivity contribution in [3.05, 3.63) is 53.1 Å². The molecule has 5 heteroatoms. The molecule has 3 aromatic rings. The van der Waals surface area contributed by atoms with Gasteiger partial charge in [0, 0.05) is 16.5 Å². The second-order valence-corrected chi connectivity index (χ2v) is 8.66. The number of aliphatic hydroxyl groups is 1. The van der Waals surface area contributed by atoms with Gasteiger partial charge >= 0.3 is 5.97 Å². The van der Waals surface area contributed by atoms with Gasteiger partial charge < -0.3 is 19.5 Å². The molecular weight excluding hydrogens is 378 g/mol. The Kier molecular flexibility index (Phi) is 4.78. The Balaban J connectivity index is 1.87. The largest absolute Gasteiger partial charge is 0.490 e. The van der Waals surface area contributed by atoms with Crippen molar-refractivity contribution in [2.75, 3.05) is 6.61 Å². The first-order valence-corrected chi connectivity index (χ1v) is 10.8. The Morgan fingerprint density at radius 1 is 1.13 bits per heavy atom. The molecule has 1 saturated carbocycles. The van der Waals surface area contributed by atoms with Crippen LogP contribution in [0.1, 0.15) is 59.5 Å². The molecule has 2 aromatic carbocycles. The summed E-state index contributed by atoms with van der Waals surface area (Å²) in [5.41, 5.74) is 5.60. The molecule has 2 aliphatic rings. The highest BCUT2D eigenvalue weighted by molar-refractivity contribution is 5.98. The molecule has 0 bridgehead atoms. The van der Waals surface area contributed by atoms with Crippen LogP contribution in [0.25, 0.3) is 22.2 Å². The number of carbonyl (C=O) groups is 1. The molecule has 5 nitrogen and oxygen atoms in total. The average molecular weight is 405 g/mol. The third-order valence-electron chi connectivity index (χ3n) is 6.64. The van der Waals surface area contributed by atoms with Gasteiger partial charge in [-0.25, -0.2) is 4.79 Å². The Bertz CT molecular complexity index is 1120. The number of hydrogen-bond donors (Lipinski definition) is 2. The fourth-order valence-corrected chi connectivity index (χ4v) is 5.27. The molecule has 30 heavy (non-hydrogen) atoms. The first kappa shape index (κ1) is 19.2. The lowest BCUT2D eigenvalue weighted by Gasteiger charge is -2.27. The number of nitrogens with zero attached hydrogens (tertiary/aromatic N) is 1. The third kappa shape index (κ3) is 3.08. The number of aliphatic hydroxyl groups excluding tert-OH is 1. The summed E-state index contributed by atoms with van der Waals surface area (Å²) >= 11 is 0. The van der Waals surface area contributed by atoms with Gasteiger partial charge in [-0.05, 0) is 55.0 Å². The Morgan fingerprint density at radius 2 is 1.93 bits per heavy atom. The van der Waals surface area contributed by atoms with Crippen molar-refractivity contribution >= 4 is 16.9 Å². The maximum absolute atomic E-state index is 11.7. The van der Waals surface area contributed by atoms with E-state index in [1.165, 1.54) is 24.8 Å². The normalized spacial score (nSPS) is 19.5. The van der Waals surface area contributed by atoms with E-state index in [1.807, 2.05) is 25.1 Å². The number of aryl methyl sites for hydroxylation is 1. The summed E-state index contributed by atoms with van der Waals surface area (Å²) in [4.78, 5) is 11.7. The van der Waals surface area contributed by atoms with Crippen molar-refractivity contribution in [3.63, 3.8) is 0 Å². The zero-order valence-electron chi connectivity index (χ0n) is 17.2. The predicted molar refractivity (Wildman–Crippen MR) is 116 cm³/mol. The number of aromatic carboxylic acids is 1. The number of aromatic nitrogens is 1. The van der Waals surface area contributed by atoms with Crippen LogP contribution in [0, 0.1) is 6.92 Å². The third-order valence-corrected chi connectivity index (χ3v) is 6.64. The quantitative estimate of drug-likeness (QED) is 0.621. The highest BCUT2D eigenvalue weighted by atomic mass is 16.5. The van der Waals surface area contributed by atoms with Crippen LogP contribution in [0.4, 0.5) is 0 Å². The minimum Gasteiger partial charge on any atom is -0.490 e. The van der Waals surface area contributed by atoms with Crippen molar-refractivity contribution in [2.24, 2.45) is 0 Å². The molecule has 1 aromatic heterocycles. The monoisotopic (exact) mass is 405 g/mol. The predicted octanol–water partition coefficient (Wildman–Crippen LogP) is 5.12. The number of carboxylic acid groups (broad SMARTS) is 1. The van der Waals surface area contributed by atoms with E-state index in [9.17, 15) is 15.0 Å². The Labute approximate surface area is 175 Å². The summed E-state index contributed by atoms with van der Waals surface area (Å²) in [6.07, 6.45) is 5.30. The summed E-state index contributed by atoms with van der Waals surface area (Å²) in [6, 6.07) is 11.6. The molecule has 5 rings (SSSR count). The first-order valence-electron chi connectivity index (χ1n) is 10.8. The number of rotatable bonds is 2. The lowest BCUT2D eigenvalue weighted by atomic mass is 9.81. The molecule has 1 aliphatic carbocycles. The molecular formula is C25H27NO4. The number of benzene rings is 2. The molecule has 2 heterocycles. The minimum atomic E-state index is -0.933. The minimum absolute atomic E-state index is 0.217. The fourth-order valence-electron chi connectivity index (χ4n) is 5.27. The average Bonchev–Trinajstić information content (AvgIpc) is 3.05. The summed E-state index contributed by atoms with van der Waals surface area (Å²) < 4.78 is 8.21. The number of hydrogen-bond acceptors (Lipinski definition) is 3. The van der Waals surface area contributed by atoms with Gasteiger partial charge in [-0.15, -0.1) is 0 Å². The van der Waals surface area contributed by atoms with Gasteiger partial charge in [0.1, 0.15) is 18.5 Å². The molecule has 1 unspecified atom stereocenters. The Hall–Kier alpha value is -2.79. The number of ether oxygens (including phenoxy) is 1. The number of fused-ring (bicyclic) bond motifs is 5. The summed E-state index contributed by atoms with van der Waals surface area (Å²) in [5.74, 6) is 0.312. The van der Waals surface area contributed by atoms with Crippen LogP contribution in [0.15, 0.2) is 36.4 Å². The van der Waals surface area contributed by atoms with Gasteiger partial charge in [0.15, 0.2) is 0 Å². The molecule has 0 amide bonds. The van der Waals surface area contributed by atoms with Crippen LogP contribution in [-0.2, 0) is 6.54 Å². The fraction of sp³-hybridized carbons (Fsp3) is 0.400. The molecule has 1 fully saturated rings. The van der Waals surface area contributed by atoms with E-state index < -0.39 is 12.1 Å². The van der Waals surface area contributed by atoms with E-state index in [2.05, 4.69) is 10.6 Å². The van der Waals surface area contributed by atoms with Gasteiger partial charge in [-0.3, -0.25) is 0 Å². The SMILES string of the molecule is Cc1cccc2c1OCC(O)Cn1c-2c(C2CCCCC2)c2ccc(C(=O)O)cc21. The molecule has 0 saturated heterocycles. The van der Waals surface area contributed by atoms with Crippen LogP contribution in [0.2, 0.25) is 0 Å². The van der Waals surface area contributed by atoms with Crippen LogP contribution in [-0.4, -0.2) is 33.5 Å². The molecule has 0 radical (unpaired) electrons.